The van der Waals surface area contributed by atoms with Crippen LogP contribution in [0.1, 0.15) is 55.1 Å². The van der Waals surface area contributed by atoms with E-state index in [1.54, 1.807) is 22.8 Å². The molecule has 12 nitrogen and oxygen atoms in total. The molecule has 262 valence electrons. The number of halogens is 4. The Bertz CT molecular complexity index is 1630. The number of ether oxygens (including phenoxy) is 3. The number of alkyl halides is 2. The summed E-state index contributed by atoms with van der Waals surface area (Å²) in [6.07, 6.45) is 4.26. The minimum absolute atomic E-state index is 0.00755. The van der Waals surface area contributed by atoms with Crippen LogP contribution in [0, 0.1) is 5.92 Å². The number of nitrogens with one attached hydrogen (secondary N) is 2. The van der Waals surface area contributed by atoms with Crippen molar-refractivity contribution in [1.82, 2.24) is 5.32 Å². The summed E-state index contributed by atoms with van der Waals surface area (Å²) in [7, 11) is -4.80. The number of carbonyl (C=O) groups is 1. The molecule has 0 bridgehead atoms. The third-order valence-electron chi connectivity index (χ3n) is 6.82. The average molecular weight is 736 g/mol. The van der Waals surface area contributed by atoms with Gasteiger partial charge in [0.1, 0.15) is 22.0 Å². The molecule has 0 spiro atoms. The number of rotatable bonds is 16. The lowest BCUT2D eigenvalue weighted by molar-refractivity contribution is -0.688. The van der Waals surface area contributed by atoms with Gasteiger partial charge in [-0.2, -0.15) is 13.3 Å². The van der Waals surface area contributed by atoms with Crippen molar-refractivity contribution in [3.8, 4) is 17.2 Å². The molecule has 3 aromatic rings. The summed E-state index contributed by atoms with van der Waals surface area (Å²) in [6.45, 7) is 2.33. The van der Waals surface area contributed by atoms with Crippen LogP contribution >= 0.6 is 31.0 Å². The van der Waals surface area contributed by atoms with E-state index in [2.05, 4.69) is 19.9 Å². The van der Waals surface area contributed by atoms with E-state index < -0.39 is 33.4 Å². The molecule has 1 saturated carbocycles. The highest BCUT2D eigenvalue weighted by molar-refractivity contribution is 7.46. The average Bonchev–Trinajstić information content (AvgIpc) is 3.78. The molecule has 48 heavy (non-hydrogen) atoms. The molecule has 2 aromatic carbocycles. The van der Waals surface area contributed by atoms with Gasteiger partial charge in [0.05, 0.1) is 17.9 Å². The first-order chi connectivity index (χ1) is 22.5. The summed E-state index contributed by atoms with van der Waals surface area (Å²) < 4.78 is 58.8. The predicted octanol–water partition coefficient (Wildman–Crippen LogP) is 5.67. The van der Waals surface area contributed by atoms with E-state index in [4.69, 9.17) is 42.5 Å². The Balaban J connectivity index is 1.52. The number of phosphoric ester groups is 1. The normalized spacial score (nSPS) is 14.1. The Morgan fingerprint density at radius 3 is 2.33 bits per heavy atom. The third kappa shape index (κ3) is 12.1. The number of nitrogens with zero attached hydrogens (tertiary/aromatic N) is 1. The van der Waals surface area contributed by atoms with Crippen LogP contribution in [-0.4, -0.2) is 52.6 Å². The van der Waals surface area contributed by atoms with Crippen molar-refractivity contribution < 1.29 is 56.3 Å². The van der Waals surface area contributed by atoms with Crippen LogP contribution in [0.3, 0.4) is 0 Å². The van der Waals surface area contributed by atoms with Gasteiger partial charge in [-0.3, -0.25) is 10.1 Å². The van der Waals surface area contributed by atoms with Gasteiger partial charge in [0.2, 0.25) is 0 Å². The Morgan fingerprint density at radius 2 is 1.73 bits per heavy atom. The van der Waals surface area contributed by atoms with Gasteiger partial charge in [-0.1, -0.05) is 29.3 Å². The number of aromatic nitrogens is 1. The summed E-state index contributed by atoms with van der Waals surface area (Å²) in [6, 6.07) is 8.92. The number of benzene rings is 2. The van der Waals surface area contributed by atoms with E-state index in [0.717, 1.165) is 12.8 Å². The molecule has 0 saturated heterocycles. The van der Waals surface area contributed by atoms with Crippen LogP contribution < -0.4 is 29.4 Å². The van der Waals surface area contributed by atoms with Crippen molar-refractivity contribution in [1.29, 1.82) is 0 Å². The quantitative estimate of drug-likeness (QED) is 0.0706. The summed E-state index contributed by atoms with van der Waals surface area (Å²) in [5.74, 6) is -0.265. The highest BCUT2D eigenvalue weighted by Crippen LogP contribution is 2.37. The van der Waals surface area contributed by atoms with Crippen LogP contribution in [0.2, 0.25) is 10.0 Å². The molecule has 1 atom stereocenters. The molecule has 1 fully saturated rings. The first-order valence-electron chi connectivity index (χ1n) is 14.8. The van der Waals surface area contributed by atoms with Crippen molar-refractivity contribution in [2.45, 2.75) is 65.0 Å². The van der Waals surface area contributed by atoms with Crippen LogP contribution in [0.15, 0.2) is 48.8 Å². The molecule has 5 N–H and O–H groups in total. The standard InChI is InChI=1S/C31H36Cl2F2N3O9P/c1-31(2,3)37-27(39)11-19-6-7-21(25(10-19)45-17-46-48(41,42)43)13-38-14-22(32)28(23(33)15-38)36-29(40)20-8-9-24(47-30(34)35)26(12-20)44-16-18-4-5-18/h6-10,12,14-15,18,27,30,37,39H,4-5,11,13,16-17H2,1-3H3,(H2,41,42,43)/p+1. The van der Waals surface area contributed by atoms with Gasteiger partial charge in [-0.05, 0) is 75.4 Å². The zero-order valence-corrected chi connectivity index (χ0v) is 28.7. The van der Waals surface area contributed by atoms with E-state index in [1.165, 1.54) is 30.6 Å². The fourth-order valence-corrected chi connectivity index (χ4v) is 5.32. The topological polar surface area (TPSA) is 160 Å². The van der Waals surface area contributed by atoms with Crippen LogP contribution in [0.4, 0.5) is 14.5 Å². The molecule has 1 amide bonds. The Hall–Kier alpha value is -3.07. The van der Waals surface area contributed by atoms with Crippen LogP contribution in [0.25, 0.3) is 0 Å². The van der Waals surface area contributed by atoms with Crippen molar-refractivity contribution >= 4 is 42.6 Å². The summed E-state index contributed by atoms with van der Waals surface area (Å²) in [5.41, 5.74) is 1.05. The summed E-state index contributed by atoms with van der Waals surface area (Å²) >= 11 is 13.1. The number of amides is 1. The van der Waals surface area contributed by atoms with Crippen LogP contribution in [0.5, 0.6) is 17.2 Å². The van der Waals surface area contributed by atoms with Crippen molar-refractivity contribution in [2.75, 3.05) is 18.7 Å². The molecule has 4 rings (SSSR count). The van der Waals surface area contributed by atoms with Gasteiger partial charge in [0.25, 0.3) is 5.91 Å². The number of pyridine rings is 1. The molecule has 1 aliphatic carbocycles. The summed E-state index contributed by atoms with van der Waals surface area (Å²) in [5, 5.41) is 16.3. The Morgan fingerprint density at radius 1 is 1.04 bits per heavy atom. The molecular formula is C31H37Cl2F2N3O9P+. The lowest BCUT2D eigenvalue weighted by atomic mass is 10.0. The number of carbonyl (C=O) groups excluding carboxylic acids is 1. The fourth-order valence-electron chi connectivity index (χ4n) is 4.54. The second-order valence-electron chi connectivity index (χ2n) is 12.2. The number of hydrogen-bond acceptors (Lipinski definition) is 8. The van der Waals surface area contributed by atoms with E-state index in [9.17, 15) is 23.2 Å². The van der Waals surface area contributed by atoms with E-state index >= 15 is 0 Å². The molecule has 17 heteroatoms. The molecule has 0 radical (unpaired) electrons. The molecular weight excluding hydrogens is 698 g/mol. The predicted molar refractivity (Wildman–Crippen MR) is 173 cm³/mol. The monoisotopic (exact) mass is 734 g/mol. The first kappa shape index (κ1) is 37.7. The first-order valence-corrected chi connectivity index (χ1v) is 17.1. The largest absolute Gasteiger partial charge is 0.489 e. The van der Waals surface area contributed by atoms with E-state index in [-0.39, 0.29) is 57.0 Å². The lowest BCUT2D eigenvalue weighted by Crippen LogP contribution is -2.44. The maximum absolute atomic E-state index is 13.1. The summed E-state index contributed by atoms with van der Waals surface area (Å²) in [4.78, 5) is 31.3. The van der Waals surface area contributed by atoms with Gasteiger partial charge in [-0.15, -0.1) is 0 Å². The highest BCUT2D eigenvalue weighted by Gasteiger charge is 2.25. The fraction of sp³-hybridized carbons (Fsp3) is 0.419. The lowest BCUT2D eigenvalue weighted by Gasteiger charge is -2.25. The number of anilines is 1. The SMILES string of the molecule is CC(C)(C)NC(O)Cc1ccc(C[n+]2cc(Cl)c(NC(=O)c3ccc(OC(F)F)c(OCC4CC4)c3)c(Cl)c2)c(OCOP(=O)(O)O)c1. The van der Waals surface area contributed by atoms with E-state index in [1.807, 2.05) is 20.8 Å². The van der Waals surface area contributed by atoms with Gasteiger partial charge in [0, 0.05) is 17.5 Å². The van der Waals surface area contributed by atoms with Gasteiger partial charge >= 0.3 is 14.4 Å². The Kier molecular flexibility index (Phi) is 12.7. The minimum atomic E-state index is -4.80. The third-order valence-corrected chi connectivity index (χ3v) is 7.83. The van der Waals surface area contributed by atoms with Crippen molar-refractivity contribution in [3.05, 3.63) is 75.5 Å². The molecule has 1 unspecified atom stereocenters. The zero-order chi connectivity index (χ0) is 35.2. The van der Waals surface area contributed by atoms with Gasteiger partial charge in [0.15, 0.2) is 37.2 Å². The number of hydrogen-bond donors (Lipinski definition) is 5. The van der Waals surface area contributed by atoms with Crippen molar-refractivity contribution in [3.63, 3.8) is 0 Å². The molecule has 1 aromatic heterocycles. The number of aliphatic hydroxyl groups excluding tert-OH is 1. The zero-order valence-electron chi connectivity index (χ0n) is 26.3. The van der Waals surface area contributed by atoms with Crippen molar-refractivity contribution in [2.24, 2.45) is 5.92 Å². The smallest absolute Gasteiger partial charge is 0.472 e. The maximum atomic E-state index is 13.1. The number of aliphatic hydroxyl groups is 1. The highest BCUT2D eigenvalue weighted by atomic mass is 35.5. The maximum Gasteiger partial charge on any atom is 0.472 e. The molecule has 1 heterocycles. The number of phosphoric acid groups is 1. The Labute approximate surface area is 286 Å². The van der Waals surface area contributed by atoms with Crippen LogP contribution in [-0.2, 0) is 22.1 Å². The van der Waals surface area contributed by atoms with E-state index in [0.29, 0.717) is 23.7 Å². The second-order valence-corrected chi connectivity index (χ2v) is 14.2. The minimum Gasteiger partial charge on any atom is -0.489 e. The van der Waals surface area contributed by atoms with Gasteiger partial charge in [-0.25, -0.2) is 9.09 Å². The second kappa shape index (κ2) is 16.1. The molecule has 1 aliphatic rings. The molecule has 0 aliphatic heterocycles. The van der Waals surface area contributed by atoms with Gasteiger partial charge < -0.3 is 34.4 Å².